The highest BCUT2D eigenvalue weighted by atomic mass is 35.5. The second-order valence-electron chi connectivity index (χ2n) is 5.40. The van der Waals surface area contributed by atoms with E-state index in [9.17, 15) is 4.79 Å². The van der Waals surface area contributed by atoms with Gasteiger partial charge in [-0.05, 0) is 38.4 Å². The first-order valence-electron chi connectivity index (χ1n) is 7.38. The summed E-state index contributed by atoms with van der Waals surface area (Å²) in [7, 11) is 0. The van der Waals surface area contributed by atoms with Crippen LogP contribution in [0.2, 0.25) is 5.02 Å². The predicted molar refractivity (Wildman–Crippen MR) is 86.8 cm³/mol. The van der Waals surface area contributed by atoms with E-state index in [-0.39, 0.29) is 5.91 Å². The molecule has 5 heteroatoms. The minimum atomic E-state index is -0.549. The van der Waals surface area contributed by atoms with E-state index in [4.69, 9.17) is 16.3 Å². The number of ether oxygens (including phenoxy) is 1. The molecule has 0 radical (unpaired) electrons. The van der Waals surface area contributed by atoms with Crippen LogP contribution < -0.4 is 15.4 Å². The number of halogens is 1. The van der Waals surface area contributed by atoms with Crippen molar-refractivity contribution in [2.24, 2.45) is 5.92 Å². The molecular weight excluding hydrogens is 288 g/mol. The SMILES string of the molecule is CCNC(=O)C(C)Oc1cccc(Cl)c1CNCC(C)C. The van der Waals surface area contributed by atoms with Crippen LogP contribution in [0, 0.1) is 5.92 Å². The summed E-state index contributed by atoms with van der Waals surface area (Å²) in [6.07, 6.45) is -0.549. The first-order valence-corrected chi connectivity index (χ1v) is 7.76. The summed E-state index contributed by atoms with van der Waals surface area (Å²) in [4.78, 5) is 11.8. The molecule has 0 aromatic heterocycles. The second-order valence-corrected chi connectivity index (χ2v) is 5.80. The van der Waals surface area contributed by atoms with Crippen LogP contribution in [-0.2, 0) is 11.3 Å². The van der Waals surface area contributed by atoms with Crippen LogP contribution in [0.4, 0.5) is 0 Å². The molecule has 1 unspecified atom stereocenters. The van der Waals surface area contributed by atoms with E-state index in [0.717, 1.165) is 12.1 Å². The first kappa shape index (κ1) is 17.8. The molecule has 0 saturated carbocycles. The number of carbonyl (C=O) groups excluding carboxylic acids is 1. The highest BCUT2D eigenvalue weighted by molar-refractivity contribution is 6.31. The number of rotatable bonds is 8. The van der Waals surface area contributed by atoms with Gasteiger partial charge in [0.2, 0.25) is 0 Å². The Bertz CT molecular complexity index is 464. The Morgan fingerprint density at radius 1 is 1.33 bits per heavy atom. The average Bonchev–Trinajstić information content (AvgIpc) is 2.41. The minimum absolute atomic E-state index is 0.126. The zero-order valence-corrected chi connectivity index (χ0v) is 14.0. The van der Waals surface area contributed by atoms with Gasteiger partial charge in [-0.1, -0.05) is 31.5 Å². The van der Waals surface area contributed by atoms with Crippen LogP contribution >= 0.6 is 11.6 Å². The van der Waals surface area contributed by atoms with Crippen LogP contribution in [0.1, 0.15) is 33.3 Å². The van der Waals surface area contributed by atoms with Crippen molar-refractivity contribution in [3.8, 4) is 5.75 Å². The van der Waals surface area contributed by atoms with Crippen LogP contribution in [0.3, 0.4) is 0 Å². The molecule has 4 nitrogen and oxygen atoms in total. The van der Waals surface area contributed by atoms with E-state index < -0.39 is 6.10 Å². The van der Waals surface area contributed by atoms with Crippen molar-refractivity contribution in [1.29, 1.82) is 0 Å². The fourth-order valence-corrected chi connectivity index (χ4v) is 2.10. The molecule has 118 valence electrons. The van der Waals surface area contributed by atoms with Crippen molar-refractivity contribution >= 4 is 17.5 Å². The summed E-state index contributed by atoms with van der Waals surface area (Å²) < 4.78 is 5.76. The van der Waals surface area contributed by atoms with Crippen LogP contribution in [-0.4, -0.2) is 25.1 Å². The standard InChI is InChI=1S/C16H25ClN2O2/c1-5-19-16(20)12(4)21-15-8-6-7-14(17)13(15)10-18-9-11(2)3/h6-8,11-12,18H,5,9-10H2,1-4H3,(H,19,20). The monoisotopic (exact) mass is 312 g/mol. The Morgan fingerprint density at radius 3 is 2.67 bits per heavy atom. The normalized spacial score (nSPS) is 12.3. The van der Waals surface area contributed by atoms with Gasteiger partial charge in [-0.25, -0.2) is 0 Å². The molecule has 0 aliphatic rings. The van der Waals surface area contributed by atoms with Crippen molar-refractivity contribution in [1.82, 2.24) is 10.6 Å². The highest BCUT2D eigenvalue weighted by Gasteiger charge is 2.16. The maximum Gasteiger partial charge on any atom is 0.260 e. The van der Waals surface area contributed by atoms with Gasteiger partial charge in [-0.3, -0.25) is 4.79 Å². The Kier molecular flexibility index (Phi) is 7.54. The van der Waals surface area contributed by atoms with Crippen LogP contribution in [0.15, 0.2) is 18.2 Å². The van der Waals surface area contributed by atoms with Gasteiger partial charge >= 0.3 is 0 Å². The van der Waals surface area contributed by atoms with Gasteiger partial charge < -0.3 is 15.4 Å². The van der Waals surface area contributed by atoms with E-state index in [0.29, 0.717) is 29.8 Å². The maximum atomic E-state index is 11.8. The first-order chi connectivity index (χ1) is 9.95. The summed E-state index contributed by atoms with van der Waals surface area (Å²) in [5.74, 6) is 1.09. The Morgan fingerprint density at radius 2 is 2.05 bits per heavy atom. The molecule has 0 heterocycles. The van der Waals surface area contributed by atoms with Gasteiger partial charge in [-0.2, -0.15) is 0 Å². The summed E-state index contributed by atoms with van der Waals surface area (Å²) >= 11 is 6.25. The lowest BCUT2D eigenvalue weighted by Gasteiger charge is -2.18. The molecule has 0 bridgehead atoms. The molecule has 0 spiro atoms. The number of amides is 1. The molecule has 1 aromatic rings. The largest absolute Gasteiger partial charge is 0.481 e. The molecule has 2 N–H and O–H groups in total. The molecule has 0 aliphatic carbocycles. The van der Waals surface area contributed by atoms with Gasteiger partial charge in [0, 0.05) is 23.7 Å². The third-order valence-electron chi connectivity index (χ3n) is 2.95. The molecule has 0 saturated heterocycles. The van der Waals surface area contributed by atoms with Crippen LogP contribution in [0.5, 0.6) is 5.75 Å². The Hall–Kier alpha value is -1.26. The van der Waals surface area contributed by atoms with Gasteiger partial charge in [0.15, 0.2) is 6.10 Å². The molecule has 1 atom stereocenters. The number of hydrogen-bond donors (Lipinski definition) is 2. The van der Waals surface area contributed by atoms with E-state index >= 15 is 0 Å². The zero-order chi connectivity index (χ0) is 15.8. The van der Waals surface area contributed by atoms with E-state index in [1.165, 1.54) is 0 Å². The topological polar surface area (TPSA) is 50.4 Å². The van der Waals surface area contributed by atoms with Crippen molar-refractivity contribution < 1.29 is 9.53 Å². The lowest BCUT2D eigenvalue weighted by atomic mass is 10.1. The lowest BCUT2D eigenvalue weighted by molar-refractivity contribution is -0.127. The number of carbonyl (C=O) groups is 1. The van der Waals surface area contributed by atoms with Gasteiger partial charge in [0.25, 0.3) is 5.91 Å². The summed E-state index contributed by atoms with van der Waals surface area (Å²) in [5, 5.41) is 6.74. The second kappa shape index (κ2) is 8.90. The molecule has 1 rings (SSSR count). The predicted octanol–water partition coefficient (Wildman–Crippen LogP) is 2.99. The molecule has 1 aromatic carbocycles. The Labute approximate surface area is 132 Å². The molecule has 0 aliphatic heterocycles. The van der Waals surface area contributed by atoms with Crippen molar-refractivity contribution in [2.45, 2.75) is 40.3 Å². The summed E-state index contributed by atoms with van der Waals surface area (Å²) in [6.45, 7) is 10.0. The zero-order valence-electron chi connectivity index (χ0n) is 13.2. The summed E-state index contributed by atoms with van der Waals surface area (Å²) in [5.41, 5.74) is 0.885. The van der Waals surface area contributed by atoms with E-state index in [2.05, 4.69) is 24.5 Å². The van der Waals surface area contributed by atoms with Gasteiger partial charge in [-0.15, -0.1) is 0 Å². The molecule has 1 amide bonds. The van der Waals surface area contributed by atoms with Gasteiger partial charge in [0.05, 0.1) is 0 Å². The van der Waals surface area contributed by atoms with E-state index in [1.54, 1.807) is 6.92 Å². The number of likely N-dealkylation sites (N-methyl/N-ethyl adjacent to an activating group) is 1. The Balaban J connectivity index is 2.77. The average molecular weight is 313 g/mol. The third kappa shape index (κ3) is 5.94. The van der Waals surface area contributed by atoms with Crippen molar-refractivity contribution in [3.63, 3.8) is 0 Å². The number of benzene rings is 1. The minimum Gasteiger partial charge on any atom is -0.481 e. The highest BCUT2D eigenvalue weighted by Crippen LogP contribution is 2.27. The molecular formula is C16H25ClN2O2. The molecule has 21 heavy (non-hydrogen) atoms. The maximum absolute atomic E-state index is 11.8. The summed E-state index contributed by atoms with van der Waals surface area (Å²) in [6, 6.07) is 5.50. The molecule has 0 fully saturated rings. The number of hydrogen-bond acceptors (Lipinski definition) is 3. The van der Waals surface area contributed by atoms with Crippen molar-refractivity contribution in [2.75, 3.05) is 13.1 Å². The third-order valence-corrected chi connectivity index (χ3v) is 3.31. The fraction of sp³-hybridized carbons (Fsp3) is 0.562. The lowest BCUT2D eigenvalue weighted by Crippen LogP contribution is -2.36. The quantitative estimate of drug-likeness (QED) is 0.776. The van der Waals surface area contributed by atoms with Gasteiger partial charge in [0.1, 0.15) is 5.75 Å². The fourth-order valence-electron chi connectivity index (χ4n) is 1.87. The van der Waals surface area contributed by atoms with E-state index in [1.807, 2.05) is 25.1 Å². The van der Waals surface area contributed by atoms with Crippen molar-refractivity contribution in [3.05, 3.63) is 28.8 Å². The smallest absolute Gasteiger partial charge is 0.260 e. The number of nitrogens with one attached hydrogen (secondary N) is 2. The van der Waals surface area contributed by atoms with Crippen LogP contribution in [0.25, 0.3) is 0 Å².